The second-order valence-electron chi connectivity index (χ2n) is 12.3. The summed E-state index contributed by atoms with van der Waals surface area (Å²) in [4.78, 5) is 36.1. The Morgan fingerprint density at radius 1 is 1.08 bits per heavy atom. The average molecular weight is 493 g/mol. The third-order valence-electron chi connectivity index (χ3n) is 10.6. The number of aliphatic hydroxyl groups is 1. The first-order valence-electron chi connectivity index (χ1n) is 14.0. The summed E-state index contributed by atoms with van der Waals surface area (Å²) in [6, 6.07) is 0. The predicted octanol–water partition coefficient (Wildman–Crippen LogP) is 5.26. The van der Waals surface area contributed by atoms with E-state index in [9.17, 15) is 19.5 Å². The lowest BCUT2D eigenvalue weighted by atomic mass is 9.46. The van der Waals surface area contributed by atoms with E-state index in [1.54, 1.807) is 0 Å². The molecule has 0 spiro atoms. The maximum atomic E-state index is 12.2. The van der Waals surface area contributed by atoms with Gasteiger partial charge in [-0.05, 0) is 87.0 Å². The number of ketones is 2. The number of ether oxygens (including phenoxy) is 1. The molecule has 5 nitrogen and oxygen atoms in total. The van der Waals surface area contributed by atoms with Crippen LogP contribution in [0.5, 0.6) is 0 Å². The molecule has 36 heavy (non-hydrogen) atoms. The number of carbonyl (C=O) groups is 3. The molecule has 194 valence electrons. The smallest absolute Gasteiger partial charge is 0.307 e. The predicted molar refractivity (Wildman–Crippen MR) is 137 cm³/mol. The molecule has 5 aliphatic carbocycles. The van der Waals surface area contributed by atoms with Crippen molar-refractivity contribution in [1.29, 1.82) is 0 Å². The molecule has 0 aromatic heterocycles. The zero-order valence-electron chi connectivity index (χ0n) is 21.9. The van der Waals surface area contributed by atoms with E-state index < -0.39 is 5.60 Å². The monoisotopic (exact) mass is 492 g/mol. The number of hydrogen-bond donors (Lipinski definition) is 1. The van der Waals surface area contributed by atoms with Crippen LogP contribution < -0.4 is 0 Å². The molecule has 0 saturated heterocycles. The quantitative estimate of drug-likeness (QED) is 0.428. The van der Waals surface area contributed by atoms with Crippen molar-refractivity contribution in [2.45, 2.75) is 103 Å². The summed E-state index contributed by atoms with van der Waals surface area (Å²) in [5.74, 6) is 7.92. The van der Waals surface area contributed by atoms with Crippen molar-refractivity contribution in [2.24, 2.45) is 28.6 Å². The zero-order chi connectivity index (χ0) is 25.6. The Kier molecular flexibility index (Phi) is 6.79. The van der Waals surface area contributed by atoms with Crippen molar-refractivity contribution < 1.29 is 24.2 Å². The molecule has 0 aromatic rings. The lowest BCUT2D eigenvalue weighted by Crippen LogP contribution is -2.54. The molecular formula is C31H40O5. The van der Waals surface area contributed by atoms with Crippen molar-refractivity contribution in [3.63, 3.8) is 0 Å². The molecule has 0 amide bonds. The van der Waals surface area contributed by atoms with Gasteiger partial charge >= 0.3 is 5.97 Å². The van der Waals surface area contributed by atoms with Gasteiger partial charge in [-0.2, -0.15) is 0 Å². The topological polar surface area (TPSA) is 80.7 Å². The number of allylic oxidation sites excluding steroid dienone is 2. The first kappa shape index (κ1) is 25.5. The van der Waals surface area contributed by atoms with E-state index in [4.69, 9.17) is 4.74 Å². The Labute approximate surface area is 215 Å². The van der Waals surface area contributed by atoms with Crippen LogP contribution in [0.3, 0.4) is 0 Å². The molecule has 0 aromatic carbocycles. The maximum absolute atomic E-state index is 12.2. The molecule has 0 aliphatic heterocycles. The van der Waals surface area contributed by atoms with Crippen molar-refractivity contribution in [2.75, 3.05) is 6.61 Å². The van der Waals surface area contributed by atoms with Crippen LogP contribution in [0.25, 0.3) is 0 Å². The highest BCUT2D eigenvalue weighted by Gasteiger charge is 2.63. The molecule has 5 heteroatoms. The normalized spacial score (nSPS) is 39.6. The third-order valence-corrected chi connectivity index (χ3v) is 10.6. The first-order chi connectivity index (χ1) is 17.2. The molecule has 3 fully saturated rings. The highest BCUT2D eigenvalue weighted by molar-refractivity contribution is 5.96. The second-order valence-corrected chi connectivity index (χ2v) is 12.3. The van der Waals surface area contributed by atoms with Gasteiger partial charge in [0.1, 0.15) is 12.2 Å². The molecular weight excluding hydrogens is 452 g/mol. The first-order valence-corrected chi connectivity index (χ1v) is 14.0. The summed E-state index contributed by atoms with van der Waals surface area (Å²) >= 11 is 0. The van der Waals surface area contributed by atoms with E-state index in [2.05, 4.69) is 25.7 Å². The number of rotatable bonds is 4. The Balaban J connectivity index is 1.20. The SMILES string of the molecule is C[C@]12CCC(=O)C=C1CCC1C2CC[C@@]2(C)C1CC[C@@]2(O)C#CCCC(=O)OCC1=CCCCC1=O. The van der Waals surface area contributed by atoms with Crippen LogP contribution in [0.15, 0.2) is 23.3 Å². The van der Waals surface area contributed by atoms with Gasteiger partial charge < -0.3 is 9.84 Å². The summed E-state index contributed by atoms with van der Waals surface area (Å²) in [5, 5.41) is 11.7. The number of esters is 1. The van der Waals surface area contributed by atoms with Gasteiger partial charge in [0.2, 0.25) is 0 Å². The van der Waals surface area contributed by atoms with E-state index in [0.717, 1.165) is 51.4 Å². The minimum absolute atomic E-state index is 0.0569. The van der Waals surface area contributed by atoms with Gasteiger partial charge in [-0.3, -0.25) is 14.4 Å². The maximum Gasteiger partial charge on any atom is 0.307 e. The summed E-state index contributed by atoms with van der Waals surface area (Å²) in [7, 11) is 0. The van der Waals surface area contributed by atoms with Crippen LogP contribution >= 0.6 is 0 Å². The van der Waals surface area contributed by atoms with Crippen LogP contribution in [0.2, 0.25) is 0 Å². The largest absolute Gasteiger partial charge is 0.461 e. The highest BCUT2D eigenvalue weighted by Crippen LogP contribution is 2.67. The van der Waals surface area contributed by atoms with Gasteiger partial charge in [-0.25, -0.2) is 0 Å². The summed E-state index contributed by atoms with van der Waals surface area (Å²) in [6.07, 6.45) is 14.0. The Morgan fingerprint density at radius 2 is 1.89 bits per heavy atom. The molecule has 0 heterocycles. The van der Waals surface area contributed by atoms with E-state index in [1.165, 1.54) is 5.57 Å². The van der Waals surface area contributed by atoms with E-state index >= 15 is 0 Å². The molecule has 0 radical (unpaired) electrons. The van der Waals surface area contributed by atoms with E-state index in [1.807, 2.05) is 12.2 Å². The van der Waals surface area contributed by atoms with Gasteiger partial charge in [0, 0.05) is 30.3 Å². The van der Waals surface area contributed by atoms with Crippen LogP contribution in [0, 0.1) is 40.4 Å². The van der Waals surface area contributed by atoms with Gasteiger partial charge in [-0.1, -0.05) is 37.3 Å². The van der Waals surface area contributed by atoms with Gasteiger partial charge in [0.15, 0.2) is 11.6 Å². The van der Waals surface area contributed by atoms with Crippen LogP contribution in [0.1, 0.15) is 97.3 Å². The molecule has 5 aliphatic rings. The fourth-order valence-corrected chi connectivity index (χ4v) is 8.34. The molecule has 0 bridgehead atoms. The van der Waals surface area contributed by atoms with E-state index in [0.29, 0.717) is 49.0 Å². The lowest BCUT2D eigenvalue weighted by Gasteiger charge is -2.58. The van der Waals surface area contributed by atoms with Crippen molar-refractivity contribution in [1.82, 2.24) is 0 Å². The molecule has 3 saturated carbocycles. The van der Waals surface area contributed by atoms with Crippen molar-refractivity contribution in [3.05, 3.63) is 23.3 Å². The minimum atomic E-state index is -1.02. The van der Waals surface area contributed by atoms with Gasteiger partial charge in [-0.15, -0.1) is 0 Å². The Morgan fingerprint density at radius 3 is 2.69 bits per heavy atom. The fourth-order valence-electron chi connectivity index (χ4n) is 8.34. The summed E-state index contributed by atoms with van der Waals surface area (Å²) in [6.45, 7) is 4.67. The van der Waals surface area contributed by atoms with Crippen LogP contribution in [0.4, 0.5) is 0 Å². The second kappa shape index (κ2) is 9.60. The minimum Gasteiger partial charge on any atom is -0.461 e. The summed E-state index contributed by atoms with van der Waals surface area (Å²) in [5.41, 5.74) is 0.841. The molecule has 3 unspecified atom stereocenters. The standard InChI is InChI=1S/C31H40O5/c1-29-16-12-23(32)19-22(29)10-11-24-25(29)13-17-30(2)26(24)14-18-31(30,35)15-6-5-9-28(34)36-20-21-7-3-4-8-27(21)33/h7,19,24-26,35H,3-5,8-14,16-18,20H2,1-2H3/t24?,25?,26?,29-,30-,31-/m0/s1. The summed E-state index contributed by atoms with van der Waals surface area (Å²) < 4.78 is 5.29. The highest BCUT2D eigenvalue weighted by atomic mass is 16.5. The van der Waals surface area contributed by atoms with Crippen LogP contribution in [-0.2, 0) is 19.1 Å². The van der Waals surface area contributed by atoms with Crippen LogP contribution in [-0.4, -0.2) is 34.9 Å². The zero-order valence-corrected chi connectivity index (χ0v) is 21.9. The number of hydrogen-bond acceptors (Lipinski definition) is 5. The molecule has 5 rings (SSSR count). The lowest BCUT2D eigenvalue weighted by molar-refractivity contribution is -0.142. The Bertz CT molecular complexity index is 1070. The molecule has 1 N–H and O–H groups in total. The number of carbonyl (C=O) groups excluding carboxylic acids is 3. The number of fused-ring (bicyclic) bond motifs is 5. The fraction of sp³-hybridized carbons (Fsp3) is 0.710. The van der Waals surface area contributed by atoms with Gasteiger partial charge in [0.05, 0.1) is 6.42 Å². The average Bonchev–Trinajstić information content (AvgIpc) is 3.12. The number of Topliss-reactive ketones (excluding diaryl/α,β-unsaturated/α-hetero) is 1. The molecule has 6 atom stereocenters. The van der Waals surface area contributed by atoms with Gasteiger partial charge in [0.25, 0.3) is 0 Å². The van der Waals surface area contributed by atoms with E-state index in [-0.39, 0.29) is 41.4 Å². The third kappa shape index (κ3) is 4.30. The van der Waals surface area contributed by atoms with Crippen molar-refractivity contribution in [3.8, 4) is 11.8 Å². The Hall–Kier alpha value is -2.19. The van der Waals surface area contributed by atoms with Crippen molar-refractivity contribution >= 4 is 17.5 Å².